The second-order valence-corrected chi connectivity index (χ2v) is 3.39. The van der Waals surface area contributed by atoms with E-state index in [-0.39, 0.29) is 18.2 Å². The summed E-state index contributed by atoms with van der Waals surface area (Å²) in [6, 6.07) is 0. The van der Waals surface area contributed by atoms with Crippen LogP contribution in [-0.4, -0.2) is 42.8 Å². The summed E-state index contributed by atoms with van der Waals surface area (Å²) >= 11 is 0. The number of carbonyl (C=O) groups excluding carboxylic acids is 1. The Morgan fingerprint density at radius 2 is 2.14 bits per heavy atom. The van der Waals surface area contributed by atoms with Crippen LogP contribution in [0.5, 0.6) is 0 Å². The van der Waals surface area contributed by atoms with E-state index in [0.717, 1.165) is 0 Å². The molecule has 0 aliphatic carbocycles. The van der Waals surface area contributed by atoms with Crippen LogP contribution in [0.25, 0.3) is 0 Å². The van der Waals surface area contributed by atoms with Gasteiger partial charge in [0.25, 0.3) is 0 Å². The predicted octanol–water partition coefficient (Wildman–Crippen LogP) is 0.0603. The third-order valence-corrected chi connectivity index (χ3v) is 2.28. The van der Waals surface area contributed by atoms with E-state index in [0.29, 0.717) is 6.42 Å². The molecular weight excluding hydrogens is 188 g/mol. The Morgan fingerprint density at radius 1 is 1.50 bits per heavy atom. The van der Waals surface area contributed by atoms with Crippen molar-refractivity contribution in [2.45, 2.75) is 44.9 Å². The van der Waals surface area contributed by atoms with Crippen molar-refractivity contribution in [3.63, 3.8) is 0 Å². The van der Waals surface area contributed by atoms with Crippen molar-refractivity contribution in [3.05, 3.63) is 0 Å². The Morgan fingerprint density at radius 3 is 2.64 bits per heavy atom. The third kappa shape index (κ3) is 2.67. The van der Waals surface area contributed by atoms with E-state index < -0.39 is 12.4 Å². The monoisotopic (exact) mass is 204 g/mol. The highest BCUT2D eigenvalue weighted by Crippen LogP contribution is 2.23. The fourth-order valence-corrected chi connectivity index (χ4v) is 1.50. The van der Waals surface area contributed by atoms with Crippen LogP contribution in [0.2, 0.25) is 0 Å². The molecule has 1 fully saturated rings. The largest absolute Gasteiger partial charge is 0.460 e. The highest BCUT2D eigenvalue weighted by molar-refractivity contribution is 5.66. The highest BCUT2D eigenvalue weighted by Gasteiger charge is 2.36. The number of hydrogen-bond donors (Lipinski definition) is 1. The number of aliphatic hydroxyl groups is 1. The molecule has 0 spiro atoms. The fraction of sp³-hybridized carbons (Fsp3) is 0.889. The standard InChI is InChI=1S/C9H16O5/c1-5-7(14-6(2)10)4-8(12-3)9(11)13-5/h5,7-9,11H,4H2,1-3H3/t5-,7+,8-,9?/m1/s1. The maximum atomic E-state index is 10.8. The zero-order valence-corrected chi connectivity index (χ0v) is 8.60. The van der Waals surface area contributed by atoms with Crippen molar-refractivity contribution in [1.82, 2.24) is 0 Å². The van der Waals surface area contributed by atoms with Gasteiger partial charge in [-0.25, -0.2) is 0 Å². The van der Waals surface area contributed by atoms with Crippen LogP contribution >= 0.6 is 0 Å². The van der Waals surface area contributed by atoms with Crippen LogP contribution in [0, 0.1) is 0 Å². The minimum Gasteiger partial charge on any atom is -0.460 e. The number of rotatable bonds is 2. The zero-order chi connectivity index (χ0) is 10.7. The summed E-state index contributed by atoms with van der Waals surface area (Å²) in [7, 11) is 1.48. The lowest BCUT2D eigenvalue weighted by atomic mass is 10.0. The predicted molar refractivity (Wildman–Crippen MR) is 47.5 cm³/mol. The summed E-state index contributed by atoms with van der Waals surface area (Å²) in [5.41, 5.74) is 0. The number of aliphatic hydroxyl groups excluding tert-OH is 1. The maximum absolute atomic E-state index is 10.8. The number of esters is 1. The lowest BCUT2D eigenvalue weighted by Gasteiger charge is -2.36. The van der Waals surface area contributed by atoms with E-state index in [1.165, 1.54) is 14.0 Å². The molecule has 0 bridgehead atoms. The average Bonchev–Trinajstić information content (AvgIpc) is 2.09. The molecule has 0 saturated carbocycles. The zero-order valence-electron chi connectivity index (χ0n) is 8.60. The summed E-state index contributed by atoms with van der Waals surface area (Å²) in [4.78, 5) is 10.8. The van der Waals surface area contributed by atoms with Gasteiger partial charge in [-0.05, 0) is 6.92 Å². The van der Waals surface area contributed by atoms with Crippen molar-refractivity contribution in [1.29, 1.82) is 0 Å². The summed E-state index contributed by atoms with van der Waals surface area (Å²) in [5.74, 6) is -0.350. The van der Waals surface area contributed by atoms with Gasteiger partial charge >= 0.3 is 5.97 Å². The molecule has 1 N–H and O–H groups in total. The van der Waals surface area contributed by atoms with Crippen LogP contribution in [0.4, 0.5) is 0 Å². The Labute approximate surface area is 82.9 Å². The molecule has 1 saturated heterocycles. The molecule has 1 aliphatic heterocycles. The maximum Gasteiger partial charge on any atom is 0.302 e. The molecule has 5 nitrogen and oxygen atoms in total. The summed E-state index contributed by atoms with van der Waals surface area (Å²) in [6.07, 6.45) is -1.57. The normalized spacial score (nSPS) is 38.0. The van der Waals surface area contributed by atoms with E-state index in [9.17, 15) is 9.90 Å². The third-order valence-electron chi connectivity index (χ3n) is 2.28. The van der Waals surface area contributed by atoms with Crippen LogP contribution in [0.1, 0.15) is 20.3 Å². The molecule has 1 aliphatic rings. The quantitative estimate of drug-likeness (QED) is 0.644. The molecule has 0 radical (unpaired) electrons. The Balaban J connectivity index is 2.55. The van der Waals surface area contributed by atoms with Gasteiger partial charge < -0.3 is 19.3 Å². The van der Waals surface area contributed by atoms with E-state index >= 15 is 0 Å². The van der Waals surface area contributed by atoms with Gasteiger partial charge in [0, 0.05) is 20.5 Å². The molecule has 5 heteroatoms. The molecule has 1 rings (SSSR count). The van der Waals surface area contributed by atoms with Gasteiger partial charge in [0.15, 0.2) is 6.29 Å². The molecule has 0 aromatic heterocycles. The summed E-state index contributed by atoms with van der Waals surface area (Å²) in [5, 5.41) is 9.40. The van der Waals surface area contributed by atoms with Gasteiger partial charge in [0.2, 0.25) is 0 Å². The van der Waals surface area contributed by atoms with Gasteiger partial charge in [-0.1, -0.05) is 0 Å². The topological polar surface area (TPSA) is 65.0 Å². The van der Waals surface area contributed by atoms with Crippen LogP contribution < -0.4 is 0 Å². The lowest BCUT2D eigenvalue weighted by molar-refractivity contribution is -0.251. The molecule has 0 aromatic carbocycles. The first kappa shape index (κ1) is 11.4. The van der Waals surface area contributed by atoms with Crippen LogP contribution in [0.3, 0.4) is 0 Å². The molecule has 14 heavy (non-hydrogen) atoms. The summed E-state index contributed by atoms with van der Waals surface area (Å²) in [6.45, 7) is 3.10. The van der Waals surface area contributed by atoms with Crippen LogP contribution in [-0.2, 0) is 19.0 Å². The Bertz CT molecular complexity index is 205. The number of ether oxygens (including phenoxy) is 3. The van der Waals surface area contributed by atoms with Gasteiger partial charge in [-0.3, -0.25) is 4.79 Å². The summed E-state index contributed by atoms with van der Waals surface area (Å²) < 4.78 is 15.2. The first-order valence-corrected chi connectivity index (χ1v) is 4.58. The van der Waals surface area contributed by atoms with Crippen molar-refractivity contribution in [2.75, 3.05) is 7.11 Å². The molecule has 0 amide bonds. The van der Waals surface area contributed by atoms with Gasteiger partial charge in [0.1, 0.15) is 12.2 Å². The molecule has 1 heterocycles. The van der Waals surface area contributed by atoms with Gasteiger partial charge in [-0.2, -0.15) is 0 Å². The van der Waals surface area contributed by atoms with Crippen LogP contribution in [0.15, 0.2) is 0 Å². The smallest absolute Gasteiger partial charge is 0.302 e. The van der Waals surface area contributed by atoms with Crippen molar-refractivity contribution in [2.24, 2.45) is 0 Å². The minimum atomic E-state index is -0.943. The molecule has 82 valence electrons. The number of hydrogen-bond acceptors (Lipinski definition) is 5. The first-order valence-electron chi connectivity index (χ1n) is 4.58. The lowest BCUT2D eigenvalue weighted by Crippen LogP contribution is -2.48. The van der Waals surface area contributed by atoms with Crippen molar-refractivity contribution >= 4 is 5.97 Å². The Kier molecular flexibility index (Phi) is 3.86. The second-order valence-electron chi connectivity index (χ2n) is 3.39. The Hall–Kier alpha value is -0.650. The van der Waals surface area contributed by atoms with E-state index in [4.69, 9.17) is 14.2 Å². The first-order chi connectivity index (χ1) is 6.54. The molecule has 4 atom stereocenters. The van der Waals surface area contributed by atoms with Gasteiger partial charge in [0.05, 0.1) is 6.10 Å². The highest BCUT2D eigenvalue weighted by atomic mass is 16.7. The van der Waals surface area contributed by atoms with E-state index in [2.05, 4.69) is 0 Å². The molecular formula is C9H16O5. The molecule has 0 aromatic rings. The molecule has 1 unspecified atom stereocenters. The van der Waals surface area contributed by atoms with Crippen molar-refractivity contribution < 1.29 is 24.1 Å². The fourth-order valence-electron chi connectivity index (χ4n) is 1.50. The second kappa shape index (κ2) is 4.72. The van der Waals surface area contributed by atoms with E-state index in [1.54, 1.807) is 6.92 Å². The number of methoxy groups -OCH3 is 1. The minimum absolute atomic E-state index is 0.305. The average molecular weight is 204 g/mol. The SMILES string of the molecule is CO[C@@H]1C[C@H](OC(C)=O)[C@@H](C)OC1O. The number of carbonyl (C=O) groups is 1. The van der Waals surface area contributed by atoms with Crippen molar-refractivity contribution in [3.8, 4) is 0 Å². The van der Waals surface area contributed by atoms with E-state index in [1.807, 2.05) is 0 Å². The van der Waals surface area contributed by atoms with Gasteiger partial charge in [-0.15, -0.1) is 0 Å².